The summed E-state index contributed by atoms with van der Waals surface area (Å²) in [5.74, 6) is -0.177. The van der Waals surface area contributed by atoms with E-state index in [4.69, 9.17) is 11.6 Å². The summed E-state index contributed by atoms with van der Waals surface area (Å²) in [7, 11) is 4.01. The molecule has 0 aliphatic carbocycles. The number of carbonyl (C=O) groups excluding carboxylic acids is 1. The van der Waals surface area contributed by atoms with E-state index in [0.29, 0.717) is 17.3 Å². The maximum Gasteiger partial charge on any atom is 0.273 e. The number of hydrogen-bond donors (Lipinski definition) is 1. The van der Waals surface area contributed by atoms with Crippen molar-refractivity contribution in [1.82, 2.24) is 19.8 Å². The summed E-state index contributed by atoms with van der Waals surface area (Å²) in [4.78, 5) is 15.2. The van der Waals surface area contributed by atoms with Gasteiger partial charge < -0.3 is 10.2 Å². The number of carbonyl (C=O) groups is 1. The van der Waals surface area contributed by atoms with Crippen LogP contribution in [-0.4, -0.2) is 47.6 Å². The predicted molar refractivity (Wildman–Crippen MR) is 91.0 cm³/mol. The molecule has 0 bridgehead atoms. The third-order valence-electron chi connectivity index (χ3n) is 2.76. The maximum atomic E-state index is 12.2. The Morgan fingerprint density at radius 2 is 2.09 bits per heavy atom. The van der Waals surface area contributed by atoms with Crippen LogP contribution in [0.4, 0.5) is 0 Å². The first-order chi connectivity index (χ1) is 10.6. The minimum atomic E-state index is -0.177. The molecule has 0 saturated heterocycles. The molecular formula is C14H17ClN4OS2. The Labute approximate surface area is 143 Å². The lowest BCUT2D eigenvalue weighted by Crippen LogP contribution is -2.27. The van der Waals surface area contributed by atoms with E-state index in [1.54, 1.807) is 0 Å². The Morgan fingerprint density at radius 3 is 2.77 bits per heavy atom. The van der Waals surface area contributed by atoms with Gasteiger partial charge in [-0.1, -0.05) is 27.9 Å². The molecule has 1 heterocycles. The average Bonchev–Trinajstić information content (AvgIpc) is 2.94. The molecule has 0 aliphatic heterocycles. The standard InChI is InChI=1S/C14H17ClN4OS2/c1-19(2)9-3-8-16-13(20)12-14(22-18-17-12)21-11-6-4-10(15)5-7-11/h4-7H,3,8-9H2,1-2H3,(H,16,20). The summed E-state index contributed by atoms with van der Waals surface area (Å²) in [5.41, 5.74) is 0.384. The summed E-state index contributed by atoms with van der Waals surface area (Å²) in [6.07, 6.45) is 0.899. The lowest BCUT2D eigenvalue weighted by molar-refractivity contribution is 0.0944. The lowest BCUT2D eigenvalue weighted by Gasteiger charge is -2.09. The molecule has 1 amide bonds. The van der Waals surface area contributed by atoms with Crippen LogP contribution in [0.15, 0.2) is 33.4 Å². The van der Waals surface area contributed by atoms with Crippen molar-refractivity contribution in [1.29, 1.82) is 0 Å². The zero-order valence-electron chi connectivity index (χ0n) is 12.4. The van der Waals surface area contributed by atoms with Crippen LogP contribution in [-0.2, 0) is 0 Å². The first kappa shape index (κ1) is 17.2. The van der Waals surface area contributed by atoms with Crippen LogP contribution in [0.1, 0.15) is 16.9 Å². The van der Waals surface area contributed by atoms with Gasteiger partial charge in [0.1, 0.15) is 4.21 Å². The Morgan fingerprint density at radius 1 is 1.36 bits per heavy atom. The van der Waals surface area contributed by atoms with Crippen LogP contribution >= 0.6 is 34.9 Å². The highest BCUT2D eigenvalue weighted by Gasteiger charge is 2.17. The molecule has 5 nitrogen and oxygen atoms in total. The average molecular weight is 357 g/mol. The summed E-state index contributed by atoms with van der Waals surface area (Å²) < 4.78 is 4.67. The summed E-state index contributed by atoms with van der Waals surface area (Å²) in [6.45, 7) is 1.56. The van der Waals surface area contributed by atoms with E-state index in [1.807, 2.05) is 38.4 Å². The fraction of sp³-hybridized carbons (Fsp3) is 0.357. The van der Waals surface area contributed by atoms with E-state index in [0.717, 1.165) is 22.1 Å². The molecule has 0 aliphatic rings. The second-order valence-corrected chi connectivity index (χ2v) is 7.41. The lowest BCUT2D eigenvalue weighted by atomic mass is 10.4. The Bertz CT molecular complexity index is 616. The smallest absolute Gasteiger partial charge is 0.273 e. The van der Waals surface area contributed by atoms with E-state index in [2.05, 4.69) is 19.8 Å². The highest BCUT2D eigenvalue weighted by Crippen LogP contribution is 2.32. The summed E-state index contributed by atoms with van der Waals surface area (Å²) in [5, 5.41) is 7.51. The second-order valence-electron chi connectivity index (χ2n) is 4.88. The van der Waals surface area contributed by atoms with Gasteiger partial charge in [0.05, 0.1) is 0 Å². The molecule has 0 saturated carbocycles. The molecule has 0 unspecified atom stereocenters. The first-order valence-corrected chi connectivity index (χ1v) is 8.72. The van der Waals surface area contributed by atoms with Gasteiger partial charge >= 0.3 is 0 Å². The van der Waals surface area contributed by atoms with Crippen LogP contribution in [0.25, 0.3) is 0 Å². The van der Waals surface area contributed by atoms with Gasteiger partial charge in [-0.15, -0.1) is 5.10 Å². The van der Waals surface area contributed by atoms with Gasteiger partial charge in [-0.3, -0.25) is 4.79 Å². The van der Waals surface area contributed by atoms with Gasteiger partial charge in [-0.25, -0.2) is 0 Å². The van der Waals surface area contributed by atoms with Gasteiger partial charge in [0.15, 0.2) is 5.69 Å². The van der Waals surface area contributed by atoms with Crippen molar-refractivity contribution < 1.29 is 4.79 Å². The largest absolute Gasteiger partial charge is 0.351 e. The number of hydrogen-bond acceptors (Lipinski definition) is 6. The highest BCUT2D eigenvalue weighted by atomic mass is 35.5. The van der Waals surface area contributed by atoms with E-state index >= 15 is 0 Å². The van der Waals surface area contributed by atoms with Crippen molar-refractivity contribution >= 4 is 40.8 Å². The van der Waals surface area contributed by atoms with Crippen molar-refractivity contribution in [3.8, 4) is 0 Å². The number of benzene rings is 1. The molecule has 8 heteroatoms. The molecule has 0 fully saturated rings. The number of rotatable bonds is 7. The van der Waals surface area contributed by atoms with Crippen LogP contribution in [0, 0.1) is 0 Å². The van der Waals surface area contributed by atoms with E-state index in [1.165, 1.54) is 23.3 Å². The third kappa shape index (κ3) is 5.24. The Kier molecular flexibility index (Phi) is 6.63. The topological polar surface area (TPSA) is 58.1 Å². The van der Waals surface area contributed by atoms with Gasteiger partial charge in [0.25, 0.3) is 5.91 Å². The van der Waals surface area contributed by atoms with Gasteiger partial charge in [-0.05, 0) is 62.9 Å². The molecule has 1 aromatic heterocycles. The minimum absolute atomic E-state index is 0.177. The highest BCUT2D eigenvalue weighted by molar-refractivity contribution is 8.01. The van der Waals surface area contributed by atoms with Gasteiger partial charge in [0.2, 0.25) is 0 Å². The fourth-order valence-electron chi connectivity index (χ4n) is 1.68. The zero-order valence-corrected chi connectivity index (χ0v) is 14.8. The normalized spacial score (nSPS) is 10.9. The quantitative estimate of drug-likeness (QED) is 0.773. The fourth-order valence-corrected chi connectivity index (χ4v) is 3.47. The van der Waals surface area contributed by atoms with Crippen LogP contribution in [0.3, 0.4) is 0 Å². The van der Waals surface area contributed by atoms with Crippen molar-refractivity contribution in [2.24, 2.45) is 0 Å². The van der Waals surface area contributed by atoms with Crippen LogP contribution in [0.5, 0.6) is 0 Å². The SMILES string of the molecule is CN(C)CCCNC(=O)c1nnsc1Sc1ccc(Cl)cc1. The van der Waals surface area contributed by atoms with Crippen LogP contribution < -0.4 is 5.32 Å². The molecule has 2 rings (SSSR count). The van der Waals surface area contributed by atoms with E-state index in [9.17, 15) is 4.79 Å². The van der Waals surface area contributed by atoms with Crippen molar-refractivity contribution in [2.45, 2.75) is 15.5 Å². The maximum absolute atomic E-state index is 12.2. The van der Waals surface area contributed by atoms with Crippen LogP contribution in [0.2, 0.25) is 5.02 Å². The molecule has 0 radical (unpaired) electrons. The Hall–Kier alpha value is -1.15. The summed E-state index contributed by atoms with van der Waals surface area (Å²) >= 11 is 8.56. The molecule has 1 aromatic carbocycles. The molecule has 0 atom stereocenters. The predicted octanol–water partition coefficient (Wildman–Crippen LogP) is 3.02. The first-order valence-electron chi connectivity index (χ1n) is 6.75. The molecular weight excluding hydrogens is 340 g/mol. The Balaban J connectivity index is 1.93. The number of halogens is 1. The van der Waals surface area contributed by atoms with E-state index < -0.39 is 0 Å². The molecule has 2 aromatic rings. The monoisotopic (exact) mass is 356 g/mol. The molecule has 0 spiro atoms. The summed E-state index contributed by atoms with van der Waals surface area (Å²) in [6, 6.07) is 7.45. The number of nitrogens with zero attached hydrogens (tertiary/aromatic N) is 3. The van der Waals surface area contributed by atoms with Crippen molar-refractivity contribution in [3.63, 3.8) is 0 Å². The van der Waals surface area contributed by atoms with Gasteiger partial charge in [-0.2, -0.15) is 0 Å². The van der Waals surface area contributed by atoms with Crippen molar-refractivity contribution in [2.75, 3.05) is 27.2 Å². The second kappa shape index (κ2) is 8.47. The number of nitrogens with one attached hydrogen (secondary N) is 1. The molecule has 22 heavy (non-hydrogen) atoms. The molecule has 118 valence electrons. The minimum Gasteiger partial charge on any atom is -0.351 e. The molecule has 1 N–H and O–H groups in total. The van der Waals surface area contributed by atoms with E-state index in [-0.39, 0.29) is 5.91 Å². The van der Waals surface area contributed by atoms with Gasteiger partial charge in [0, 0.05) is 16.5 Å². The van der Waals surface area contributed by atoms with Crippen molar-refractivity contribution in [3.05, 3.63) is 35.0 Å². The third-order valence-corrected chi connectivity index (χ3v) is 4.90. The number of aromatic nitrogens is 2. The number of amides is 1. The zero-order chi connectivity index (χ0) is 15.9.